The topological polar surface area (TPSA) is 109 Å². The Kier molecular flexibility index (Phi) is 10.5. The summed E-state index contributed by atoms with van der Waals surface area (Å²) in [4.78, 5) is 25.8. The molecule has 5 rings (SSSR count). The highest BCUT2D eigenvalue weighted by Gasteiger charge is 2.29. The number of hydrogen-bond donors (Lipinski definition) is 0. The van der Waals surface area contributed by atoms with Gasteiger partial charge in [0.05, 0.1) is 9.79 Å². The van der Waals surface area contributed by atoms with Gasteiger partial charge in [0, 0.05) is 37.3 Å². The number of ketones is 2. The van der Waals surface area contributed by atoms with Crippen LogP contribution in [0.25, 0.3) is 12.2 Å². The van der Waals surface area contributed by atoms with Crippen LogP contribution in [0.3, 0.4) is 0 Å². The van der Waals surface area contributed by atoms with Crippen LogP contribution in [0.2, 0.25) is 0 Å². The van der Waals surface area contributed by atoms with E-state index in [4.69, 9.17) is 0 Å². The Morgan fingerprint density at radius 3 is 1.15 bits per heavy atom. The summed E-state index contributed by atoms with van der Waals surface area (Å²) in [6.07, 6.45) is 9.64. The molecule has 2 heterocycles. The summed E-state index contributed by atoms with van der Waals surface area (Å²) in [5, 5.41) is 0. The number of hydrogen-bond acceptors (Lipinski definition) is 6. The average Bonchev–Trinajstić information content (AvgIpc) is 3.07. The van der Waals surface area contributed by atoms with Crippen LogP contribution < -0.4 is 0 Å². The number of piperidine rings is 2. The van der Waals surface area contributed by atoms with Crippen molar-refractivity contribution in [1.29, 1.82) is 0 Å². The minimum atomic E-state index is -3.57. The zero-order chi connectivity index (χ0) is 32.9. The van der Waals surface area contributed by atoms with Crippen molar-refractivity contribution in [2.75, 3.05) is 26.2 Å². The van der Waals surface area contributed by atoms with Crippen LogP contribution in [-0.2, 0) is 20.0 Å². The third kappa shape index (κ3) is 7.98. The van der Waals surface area contributed by atoms with E-state index in [0.29, 0.717) is 49.1 Å². The molecule has 0 aromatic heterocycles. The molecule has 46 heavy (non-hydrogen) atoms. The predicted octanol–water partition coefficient (Wildman–Crippen LogP) is 6.32. The minimum Gasteiger partial charge on any atom is -0.289 e. The van der Waals surface area contributed by atoms with Gasteiger partial charge in [-0.25, -0.2) is 16.8 Å². The Morgan fingerprint density at radius 2 is 0.848 bits per heavy atom. The van der Waals surface area contributed by atoms with Crippen LogP contribution in [0.1, 0.15) is 71.4 Å². The van der Waals surface area contributed by atoms with E-state index in [1.54, 1.807) is 36.4 Å². The van der Waals surface area contributed by atoms with E-state index in [1.165, 1.54) is 45.0 Å². The van der Waals surface area contributed by atoms with Gasteiger partial charge in [-0.2, -0.15) is 8.61 Å². The Hall–Kier alpha value is -3.70. The van der Waals surface area contributed by atoms with Gasteiger partial charge in [0.15, 0.2) is 11.6 Å². The number of rotatable bonds is 10. The molecule has 2 fully saturated rings. The molecular formula is C36H40N2O6S2. The Balaban J connectivity index is 1.15. The molecule has 2 aliphatic rings. The lowest BCUT2D eigenvalue weighted by Crippen LogP contribution is -2.37. The van der Waals surface area contributed by atoms with Gasteiger partial charge in [0.25, 0.3) is 0 Å². The predicted molar refractivity (Wildman–Crippen MR) is 180 cm³/mol. The number of benzene rings is 3. The molecule has 0 unspecified atom stereocenters. The molecule has 3 aromatic rings. The van der Waals surface area contributed by atoms with Crippen LogP contribution in [0.5, 0.6) is 0 Å². The highest BCUT2D eigenvalue weighted by atomic mass is 32.2. The van der Waals surface area contributed by atoms with Crippen molar-refractivity contribution in [2.24, 2.45) is 11.8 Å². The zero-order valence-corrected chi connectivity index (χ0v) is 27.8. The van der Waals surface area contributed by atoms with Gasteiger partial charge in [0.1, 0.15) is 0 Å². The van der Waals surface area contributed by atoms with E-state index in [1.807, 2.05) is 24.3 Å². The van der Waals surface area contributed by atoms with Crippen molar-refractivity contribution in [3.8, 4) is 0 Å². The SMILES string of the molecule is CC1CCN(S(=O)(=O)c2ccc(C(=O)C=Cc3ccc(C=CC(=O)c4ccc(S(=O)(=O)N5CCC(C)CC5)cc4)cc3)cc2)CC1. The van der Waals surface area contributed by atoms with Gasteiger partial charge in [-0.15, -0.1) is 0 Å². The van der Waals surface area contributed by atoms with Gasteiger partial charge in [-0.3, -0.25) is 9.59 Å². The Morgan fingerprint density at radius 1 is 0.543 bits per heavy atom. The standard InChI is InChI=1S/C36H40N2O6S2/c1-27-19-23-37(24-20-27)45(41,42)33-13-9-31(10-14-33)35(39)17-7-29-3-5-30(6-4-29)8-18-36(40)32-11-15-34(16-12-32)46(43,44)38-25-21-28(2)22-26-38/h3-18,27-28H,19-26H2,1-2H3. The van der Waals surface area contributed by atoms with Gasteiger partial charge in [-0.05, 0) is 109 Å². The maximum absolute atomic E-state index is 13.0. The van der Waals surface area contributed by atoms with Gasteiger partial charge in [0.2, 0.25) is 20.0 Å². The van der Waals surface area contributed by atoms with Gasteiger partial charge >= 0.3 is 0 Å². The fraction of sp³-hybridized carbons (Fsp3) is 0.333. The molecule has 3 aromatic carbocycles. The first-order chi connectivity index (χ1) is 21.9. The van der Waals surface area contributed by atoms with Crippen molar-refractivity contribution < 1.29 is 26.4 Å². The molecule has 10 heteroatoms. The highest BCUT2D eigenvalue weighted by Crippen LogP contribution is 2.25. The summed E-state index contributed by atoms with van der Waals surface area (Å²) in [5.41, 5.74) is 2.37. The molecule has 2 aliphatic heterocycles. The third-order valence-electron chi connectivity index (χ3n) is 8.83. The Bertz CT molecular complexity index is 1680. The second-order valence-corrected chi connectivity index (χ2v) is 16.2. The molecular weight excluding hydrogens is 621 g/mol. The van der Waals surface area contributed by atoms with Crippen molar-refractivity contribution >= 4 is 43.8 Å². The molecule has 0 radical (unpaired) electrons. The molecule has 0 N–H and O–H groups in total. The average molecular weight is 661 g/mol. The first-order valence-corrected chi connectivity index (χ1v) is 18.6. The molecule has 2 saturated heterocycles. The van der Waals surface area contributed by atoms with Crippen molar-refractivity contribution in [3.63, 3.8) is 0 Å². The maximum atomic E-state index is 13.0. The lowest BCUT2D eigenvalue weighted by molar-refractivity contribution is 0.103. The maximum Gasteiger partial charge on any atom is 0.243 e. The molecule has 0 atom stereocenters. The van der Waals surface area contributed by atoms with Crippen LogP contribution in [0.15, 0.2) is 94.7 Å². The largest absolute Gasteiger partial charge is 0.289 e. The summed E-state index contributed by atoms with van der Waals surface area (Å²) < 4.78 is 54.8. The molecule has 0 aliphatic carbocycles. The van der Waals surface area contributed by atoms with E-state index in [9.17, 15) is 26.4 Å². The minimum absolute atomic E-state index is 0.192. The zero-order valence-electron chi connectivity index (χ0n) is 26.2. The fourth-order valence-corrected chi connectivity index (χ4v) is 8.52. The summed E-state index contributed by atoms with van der Waals surface area (Å²) in [5.74, 6) is 0.562. The molecule has 0 bridgehead atoms. The van der Waals surface area contributed by atoms with Gasteiger partial charge < -0.3 is 0 Å². The second kappa shape index (κ2) is 14.4. The number of nitrogens with zero attached hydrogens (tertiary/aromatic N) is 2. The van der Waals surface area contributed by atoms with E-state index < -0.39 is 20.0 Å². The number of allylic oxidation sites excluding steroid dienone is 2. The Labute approximate surface area is 272 Å². The van der Waals surface area contributed by atoms with Gasteiger partial charge in [-0.1, -0.05) is 50.3 Å². The molecule has 8 nitrogen and oxygen atoms in total. The third-order valence-corrected chi connectivity index (χ3v) is 12.7. The number of sulfonamides is 2. The molecule has 0 saturated carbocycles. The lowest BCUT2D eigenvalue weighted by atomic mass is 10.0. The van der Waals surface area contributed by atoms with E-state index >= 15 is 0 Å². The van der Waals surface area contributed by atoms with Crippen LogP contribution >= 0.6 is 0 Å². The number of carbonyl (C=O) groups excluding carboxylic acids is 2. The summed E-state index contributed by atoms with van der Waals surface area (Å²) in [7, 11) is -7.14. The summed E-state index contributed by atoms with van der Waals surface area (Å²) in [6.45, 7) is 6.31. The highest BCUT2D eigenvalue weighted by molar-refractivity contribution is 7.89. The van der Waals surface area contributed by atoms with Crippen LogP contribution in [0.4, 0.5) is 0 Å². The molecule has 0 spiro atoms. The van der Waals surface area contributed by atoms with Crippen molar-refractivity contribution in [2.45, 2.75) is 49.3 Å². The van der Waals surface area contributed by atoms with E-state index in [0.717, 1.165) is 36.8 Å². The first kappa shape index (κ1) is 33.7. The fourth-order valence-electron chi connectivity index (χ4n) is 5.59. The quantitative estimate of drug-likeness (QED) is 0.186. The summed E-state index contributed by atoms with van der Waals surface area (Å²) in [6, 6.07) is 19.4. The van der Waals surface area contributed by atoms with Crippen LogP contribution in [-0.4, -0.2) is 63.2 Å². The second-order valence-electron chi connectivity index (χ2n) is 12.3. The van der Waals surface area contributed by atoms with Crippen LogP contribution in [0, 0.1) is 11.8 Å². The number of carbonyl (C=O) groups is 2. The lowest BCUT2D eigenvalue weighted by Gasteiger charge is -2.29. The monoisotopic (exact) mass is 660 g/mol. The van der Waals surface area contributed by atoms with E-state index in [-0.39, 0.29) is 21.4 Å². The smallest absolute Gasteiger partial charge is 0.243 e. The molecule has 242 valence electrons. The first-order valence-electron chi connectivity index (χ1n) is 15.7. The normalized spacial score (nSPS) is 18.0. The molecule has 0 amide bonds. The van der Waals surface area contributed by atoms with Crippen molar-refractivity contribution in [3.05, 3.63) is 107 Å². The van der Waals surface area contributed by atoms with E-state index in [2.05, 4.69) is 13.8 Å². The van der Waals surface area contributed by atoms with Crippen molar-refractivity contribution in [1.82, 2.24) is 8.61 Å². The summed E-state index contributed by atoms with van der Waals surface area (Å²) >= 11 is 0.